The van der Waals surface area contributed by atoms with Crippen molar-refractivity contribution in [3.8, 4) is 0 Å². The molecular weight excluding hydrogens is 288 g/mol. The minimum atomic E-state index is 0.627. The first-order chi connectivity index (χ1) is 11.3. The zero-order valence-electron chi connectivity index (χ0n) is 12.5. The minimum Gasteiger partial charge on any atom is -0.353 e. The summed E-state index contributed by atoms with van der Waals surface area (Å²) in [5.74, 6) is 6.89. The maximum atomic E-state index is 11.8. The lowest BCUT2D eigenvalue weighted by atomic mass is 9.96. The van der Waals surface area contributed by atoms with Gasteiger partial charge in [-0.3, -0.25) is 4.79 Å². The van der Waals surface area contributed by atoms with Crippen LogP contribution >= 0.6 is 0 Å². The summed E-state index contributed by atoms with van der Waals surface area (Å²) in [5, 5.41) is 8.48. The van der Waals surface area contributed by atoms with Crippen molar-refractivity contribution < 1.29 is 4.79 Å². The molecule has 0 unspecified atom stereocenters. The molecular formula is C18H16N4O. The molecule has 3 N–H and O–H groups in total. The average Bonchev–Trinajstić information content (AvgIpc) is 3.13. The molecule has 114 valence electrons. The molecule has 3 aromatic carbocycles. The second-order valence-electron chi connectivity index (χ2n) is 5.51. The topological polar surface area (TPSA) is 70.7 Å². The minimum absolute atomic E-state index is 0.627. The van der Waals surface area contributed by atoms with Gasteiger partial charge in [0.05, 0.1) is 12.2 Å². The predicted octanol–water partition coefficient (Wildman–Crippen LogP) is 2.44. The third-order valence-electron chi connectivity index (χ3n) is 4.17. The second-order valence-corrected chi connectivity index (χ2v) is 5.51. The third-order valence-corrected chi connectivity index (χ3v) is 4.17. The van der Waals surface area contributed by atoms with Gasteiger partial charge in [-0.25, -0.2) is 15.8 Å². The highest BCUT2D eigenvalue weighted by Crippen LogP contribution is 2.33. The van der Waals surface area contributed by atoms with Gasteiger partial charge in [0.15, 0.2) is 6.29 Å². The lowest BCUT2D eigenvalue weighted by Crippen LogP contribution is -2.44. The van der Waals surface area contributed by atoms with Crippen LogP contribution in [0, 0.1) is 0 Å². The Balaban J connectivity index is 2.05. The van der Waals surface area contributed by atoms with Crippen LogP contribution in [0.3, 0.4) is 0 Å². The molecule has 0 saturated heterocycles. The number of carbonyl (C=O) groups is 1. The maximum Gasteiger partial charge on any atom is 0.213 e. The van der Waals surface area contributed by atoms with Gasteiger partial charge in [0.1, 0.15) is 0 Å². The molecule has 5 nitrogen and oxygen atoms in total. The maximum absolute atomic E-state index is 11.8. The van der Waals surface area contributed by atoms with Gasteiger partial charge < -0.3 is 5.32 Å². The van der Waals surface area contributed by atoms with E-state index in [1.165, 1.54) is 5.01 Å². The molecule has 0 aromatic heterocycles. The zero-order valence-corrected chi connectivity index (χ0v) is 12.5. The molecule has 5 heteroatoms. The monoisotopic (exact) mass is 304 g/mol. The molecule has 0 amide bonds. The number of anilines is 1. The van der Waals surface area contributed by atoms with Gasteiger partial charge in [0, 0.05) is 17.5 Å². The smallest absolute Gasteiger partial charge is 0.213 e. The fraction of sp³-hybridized carbons (Fsp3) is 0.111. The summed E-state index contributed by atoms with van der Waals surface area (Å²) in [7, 11) is 0. The van der Waals surface area contributed by atoms with Crippen LogP contribution in [0.2, 0.25) is 0 Å². The summed E-state index contributed by atoms with van der Waals surface area (Å²) in [5.41, 5.74) is 1.42. The molecule has 0 saturated carbocycles. The van der Waals surface area contributed by atoms with Gasteiger partial charge in [-0.2, -0.15) is 0 Å². The zero-order chi connectivity index (χ0) is 15.8. The van der Waals surface area contributed by atoms with Crippen molar-refractivity contribution in [2.45, 2.75) is 0 Å². The molecule has 0 bridgehead atoms. The van der Waals surface area contributed by atoms with E-state index in [9.17, 15) is 4.79 Å². The molecule has 0 spiro atoms. The van der Waals surface area contributed by atoms with Crippen molar-refractivity contribution in [2.24, 2.45) is 10.8 Å². The van der Waals surface area contributed by atoms with E-state index < -0.39 is 0 Å². The summed E-state index contributed by atoms with van der Waals surface area (Å²) < 4.78 is 0. The average molecular weight is 304 g/mol. The predicted molar refractivity (Wildman–Crippen MR) is 93.8 cm³/mol. The Morgan fingerprint density at radius 2 is 1.96 bits per heavy atom. The van der Waals surface area contributed by atoms with Crippen LogP contribution in [0.1, 0.15) is 10.4 Å². The van der Waals surface area contributed by atoms with E-state index in [1.807, 2.05) is 42.5 Å². The van der Waals surface area contributed by atoms with Gasteiger partial charge in [0.2, 0.25) is 5.96 Å². The normalized spacial score (nSPS) is 13.9. The van der Waals surface area contributed by atoms with E-state index in [1.54, 1.807) is 0 Å². The van der Waals surface area contributed by atoms with Crippen molar-refractivity contribution in [3.05, 3.63) is 54.1 Å². The first kappa shape index (κ1) is 13.7. The SMILES string of the molecule is NN(C1=NCCN1)c1cccc2cc3ccccc3c(C=O)c12. The number of rotatable bonds is 2. The van der Waals surface area contributed by atoms with Crippen LogP contribution < -0.4 is 16.2 Å². The Bertz CT molecular complexity index is 948. The van der Waals surface area contributed by atoms with Crippen molar-refractivity contribution in [1.29, 1.82) is 0 Å². The lowest BCUT2D eigenvalue weighted by molar-refractivity contribution is 0.112. The Hall–Kier alpha value is -2.92. The summed E-state index contributed by atoms with van der Waals surface area (Å²) in [6.45, 7) is 1.48. The van der Waals surface area contributed by atoms with Crippen molar-refractivity contribution >= 4 is 39.5 Å². The quantitative estimate of drug-likeness (QED) is 0.330. The molecule has 0 fully saturated rings. The van der Waals surface area contributed by atoms with Crippen molar-refractivity contribution in [2.75, 3.05) is 18.1 Å². The van der Waals surface area contributed by atoms with E-state index in [-0.39, 0.29) is 0 Å². The molecule has 23 heavy (non-hydrogen) atoms. The molecule has 0 aliphatic carbocycles. The number of benzene rings is 3. The van der Waals surface area contributed by atoms with Gasteiger partial charge in [-0.05, 0) is 28.3 Å². The van der Waals surface area contributed by atoms with Crippen LogP contribution in [0.15, 0.2) is 53.5 Å². The van der Waals surface area contributed by atoms with E-state index in [4.69, 9.17) is 5.84 Å². The lowest BCUT2D eigenvalue weighted by Gasteiger charge is -2.21. The van der Waals surface area contributed by atoms with E-state index in [2.05, 4.69) is 16.4 Å². The first-order valence-electron chi connectivity index (χ1n) is 7.52. The number of fused-ring (bicyclic) bond motifs is 2. The molecule has 0 atom stereocenters. The number of nitrogens with zero attached hydrogens (tertiary/aromatic N) is 2. The Morgan fingerprint density at radius 3 is 2.74 bits per heavy atom. The third kappa shape index (κ3) is 2.13. The molecule has 3 aromatic rings. The molecule has 4 rings (SSSR count). The number of hydrogen-bond acceptors (Lipinski definition) is 5. The van der Waals surface area contributed by atoms with Crippen LogP contribution in [-0.2, 0) is 0 Å². The number of aliphatic imine (C=N–C) groups is 1. The van der Waals surface area contributed by atoms with Gasteiger partial charge in [-0.15, -0.1) is 0 Å². The van der Waals surface area contributed by atoms with Gasteiger partial charge >= 0.3 is 0 Å². The van der Waals surface area contributed by atoms with Gasteiger partial charge in [0.25, 0.3) is 0 Å². The van der Waals surface area contributed by atoms with Crippen molar-refractivity contribution in [3.63, 3.8) is 0 Å². The number of guanidine groups is 1. The Morgan fingerprint density at radius 1 is 1.13 bits per heavy atom. The highest BCUT2D eigenvalue weighted by molar-refractivity contribution is 6.18. The number of nitrogens with two attached hydrogens (primary N) is 1. The number of nitrogens with one attached hydrogen (secondary N) is 1. The van der Waals surface area contributed by atoms with E-state index >= 15 is 0 Å². The largest absolute Gasteiger partial charge is 0.353 e. The summed E-state index contributed by atoms with van der Waals surface area (Å²) in [4.78, 5) is 16.2. The standard InChI is InChI=1S/C18H16N4O/c19-22(18-20-8-9-21-18)16-7-3-5-13-10-12-4-1-2-6-14(12)15(11-23)17(13)16/h1-7,10-11H,8-9,19H2,(H,20,21). The molecule has 1 heterocycles. The van der Waals surface area contributed by atoms with Crippen LogP contribution in [0.5, 0.6) is 0 Å². The van der Waals surface area contributed by atoms with Crippen LogP contribution in [-0.4, -0.2) is 25.3 Å². The number of hydrazine groups is 1. The fourth-order valence-electron chi connectivity index (χ4n) is 3.13. The first-order valence-corrected chi connectivity index (χ1v) is 7.52. The Labute approximate surface area is 133 Å². The second kappa shape index (κ2) is 5.37. The highest BCUT2D eigenvalue weighted by Gasteiger charge is 2.18. The van der Waals surface area contributed by atoms with Crippen molar-refractivity contribution in [1.82, 2.24) is 5.32 Å². The fourth-order valence-corrected chi connectivity index (χ4v) is 3.13. The highest BCUT2D eigenvalue weighted by atomic mass is 16.1. The number of hydrogen-bond donors (Lipinski definition) is 2. The summed E-state index contributed by atoms with van der Waals surface area (Å²) in [6, 6.07) is 15.8. The van der Waals surface area contributed by atoms with Gasteiger partial charge in [-0.1, -0.05) is 36.4 Å². The van der Waals surface area contributed by atoms with Crippen LogP contribution in [0.4, 0.5) is 5.69 Å². The molecule has 1 aliphatic heterocycles. The summed E-state index contributed by atoms with van der Waals surface area (Å²) in [6.07, 6.45) is 0.909. The molecule has 1 aliphatic rings. The number of aldehydes is 1. The molecule has 0 radical (unpaired) electrons. The van der Waals surface area contributed by atoms with E-state index in [0.717, 1.165) is 40.1 Å². The summed E-state index contributed by atoms with van der Waals surface area (Å²) >= 11 is 0. The Kier molecular flexibility index (Phi) is 3.20. The number of carbonyl (C=O) groups excluding carboxylic acids is 1. The van der Waals surface area contributed by atoms with E-state index in [0.29, 0.717) is 18.1 Å². The van der Waals surface area contributed by atoms with Crippen LogP contribution in [0.25, 0.3) is 21.5 Å².